The first-order valence-corrected chi connectivity index (χ1v) is 4.40. The van der Waals surface area contributed by atoms with Crippen molar-refractivity contribution in [3.05, 3.63) is 0 Å². The maximum Gasteiger partial charge on any atom is 0.435 e. The summed E-state index contributed by atoms with van der Waals surface area (Å²) in [6.45, 7) is 0. The minimum absolute atomic E-state index is 7.62. The van der Waals surface area contributed by atoms with Crippen LogP contribution in [-0.2, 0) is 0 Å². The van der Waals surface area contributed by atoms with E-state index >= 15 is 0 Å². The van der Waals surface area contributed by atoms with Gasteiger partial charge in [-0.1, -0.05) is 0 Å². The van der Waals surface area contributed by atoms with Crippen molar-refractivity contribution in [3.8, 4) is 0 Å². The highest BCUT2D eigenvalue weighted by atomic mass is 19.4. The summed E-state index contributed by atoms with van der Waals surface area (Å²) in [6.07, 6.45) is -15.2. The molecular weight excluding hydrogens is 350 g/mol. The highest BCUT2D eigenvalue weighted by Gasteiger charge is 3.09. The van der Waals surface area contributed by atoms with E-state index in [2.05, 4.69) is 0 Å². The lowest BCUT2D eigenvalue weighted by Gasteiger charge is -2.34. The second-order valence-corrected chi connectivity index (χ2v) is 4.04. The minimum atomic E-state index is -7.84. The van der Waals surface area contributed by atoms with Crippen LogP contribution >= 0.6 is 0 Å². The summed E-state index contributed by atoms with van der Waals surface area (Å²) in [6, 6.07) is 0. The molecule has 0 aromatic carbocycles. The van der Waals surface area contributed by atoms with Crippen LogP contribution in [0.1, 0.15) is 0 Å². The van der Waals surface area contributed by atoms with Gasteiger partial charge in [0.05, 0.1) is 0 Å². The first kappa shape index (κ1) is 18.1. The van der Waals surface area contributed by atoms with Crippen LogP contribution in [0.4, 0.5) is 61.5 Å². The van der Waals surface area contributed by atoms with Gasteiger partial charge in [-0.25, -0.2) is 8.78 Å². The Kier molecular flexibility index (Phi) is 3.16. The average molecular weight is 350 g/mol. The average Bonchev–Trinajstić information content (AvgIpc) is 2.27. The van der Waals surface area contributed by atoms with Gasteiger partial charge in [0.2, 0.25) is 0 Å². The van der Waals surface area contributed by atoms with E-state index in [1.165, 1.54) is 0 Å². The Morgan fingerprint density at radius 3 is 0.667 bits per heavy atom. The molecule has 1 saturated carbocycles. The van der Waals surface area contributed by atoms with E-state index < -0.39 is 41.5 Å². The van der Waals surface area contributed by atoms with Crippen molar-refractivity contribution in [3.63, 3.8) is 0 Å². The minimum Gasteiger partial charge on any atom is -0.220 e. The summed E-state index contributed by atoms with van der Waals surface area (Å²) in [5, 5.41) is 0. The largest absolute Gasteiger partial charge is 0.435 e. The highest BCUT2D eigenvalue weighted by molar-refractivity contribution is 5.34. The van der Waals surface area contributed by atoms with Crippen molar-refractivity contribution >= 4 is 0 Å². The predicted octanol–water partition coefficient (Wildman–Crippen LogP) is 4.45. The Bertz CT molecular complexity index is 401. The van der Waals surface area contributed by atoms with Crippen LogP contribution in [-0.4, -0.2) is 41.5 Å². The molecule has 0 aromatic heterocycles. The van der Waals surface area contributed by atoms with Crippen LogP contribution in [0.15, 0.2) is 0 Å². The summed E-state index contributed by atoms with van der Waals surface area (Å²) in [5.74, 6) is -23.3. The second kappa shape index (κ2) is 3.67. The predicted molar refractivity (Wildman–Crippen MR) is 34.6 cm³/mol. The van der Waals surface area contributed by atoms with Crippen molar-refractivity contribution in [2.75, 3.05) is 0 Å². The molecule has 0 aromatic rings. The fourth-order valence-corrected chi connectivity index (χ4v) is 1.78. The van der Waals surface area contributed by atoms with Crippen LogP contribution in [0.5, 0.6) is 0 Å². The van der Waals surface area contributed by atoms with Gasteiger partial charge in [0.25, 0.3) is 0 Å². The topological polar surface area (TPSA) is 0 Å². The van der Waals surface area contributed by atoms with E-state index in [9.17, 15) is 61.5 Å². The molecule has 2 atom stereocenters. The first-order valence-electron chi connectivity index (χ1n) is 4.40. The summed E-state index contributed by atoms with van der Waals surface area (Å²) in [4.78, 5) is 0. The maximum absolute atomic E-state index is 13.1. The van der Waals surface area contributed by atoms with Crippen LogP contribution in [0.2, 0.25) is 0 Å². The van der Waals surface area contributed by atoms with Crippen LogP contribution in [0.25, 0.3) is 0 Å². The molecule has 0 heterocycles. The lowest BCUT2D eigenvalue weighted by molar-refractivity contribution is -0.371. The number of alkyl halides is 14. The smallest absolute Gasteiger partial charge is 0.220 e. The third-order valence-electron chi connectivity index (χ3n) is 2.91. The third kappa shape index (κ3) is 1.43. The van der Waals surface area contributed by atoms with E-state index in [-0.39, 0.29) is 0 Å². The Morgan fingerprint density at radius 1 is 0.381 bits per heavy atom. The molecule has 0 N–H and O–H groups in total. The normalized spacial score (nSPS) is 38.6. The Labute approximate surface area is 104 Å². The number of hydrogen-bond donors (Lipinski definition) is 0. The molecular formula is C7F14. The van der Waals surface area contributed by atoms with Crippen LogP contribution in [0, 0.1) is 0 Å². The Morgan fingerprint density at radius 2 is 0.571 bits per heavy atom. The number of hydrogen-bond acceptors (Lipinski definition) is 0. The standard InChI is InChI=1S/C7F14/c8-1(6(16,17)18)3(10,11)2(9,7(19,20)21)5(14,15)4(1,12)13. The molecule has 0 amide bonds. The van der Waals surface area contributed by atoms with E-state index in [1.807, 2.05) is 0 Å². The molecule has 0 nitrogen and oxygen atoms in total. The quantitative estimate of drug-likeness (QED) is 0.567. The summed E-state index contributed by atoms with van der Waals surface area (Å²) >= 11 is 0. The molecule has 2 unspecified atom stereocenters. The monoisotopic (exact) mass is 350 g/mol. The molecule has 14 heteroatoms. The summed E-state index contributed by atoms with van der Waals surface area (Å²) < 4.78 is 175. The zero-order chi connectivity index (χ0) is 17.5. The zero-order valence-electron chi connectivity index (χ0n) is 8.79. The van der Waals surface area contributed by atoms with E-state index in [4.69, 9.17) is 0 Å². The van der Waals surface area contributed by atoms with Crippen molar-refractivity contribution in [2.45, 2.75) is 41.5 Å². The summed E-state index contributed by atoms with van der Waals surface area (Å²) in [7, 11) is 0. The molecule has 126 valence electrons. The Hall–Kier alpha value is -0.980. The van der Waals surface area contributed by atoms with Gasteiger partial charge in [0.1, 0.15) is 0 Å². The molecule has 1 aliphatic carbocycles. The Balaban J connectivity index is 3.94. The maximum atomic E-state index is 13.1. The van der Waals surface area contributed by atoms with Crippen molar-refractivity contribution in [1.82, 2.24) is 0 Å². The lowest BCUT2D eigenvalue weighted by atomic mass is 9.92. The summed E-state index contributed by atoms with van der Waals surface area (Å²) in [5.41, 5.74) is -15.5. The van der Waals surface area contributed by atoms with E-state index in [0.717, 1.165) is 0 Å². The number of rotatable bonds is 0. The first-order chi connectivity index (χ1) is 8.75. The zero-order valence-corrected chi connectivity index (χ0v) is 8.79. The van der Waals surface area contributed by atoms with Gasteiger partial charge in [0.15, 0.2) is 0 Å². The molecule has 0 bridgehead atoms. The van der Waals surface area contributed by atoms with Gasteiger partial charge in [0, 0.05) is 0 Å². The molecule has 0 radical (unpaired) electrons. The SMILES string of the molecule is FC(F)(F)C1(F)C(F)(F)C(F)(F)C(F)(C(F)(F)F)C1(F)F. The van der Waals surface area contributed by atoms with E-state index in [0.29, 0.717) is 0 Å². The molecule has 1 rings (SSSR count). The molecule has 0 aliphatic heterocycles. The van der Waals surface area contributed by atoms with Crippen LogP contribution < -0.4 is 0 Å². The molecule has 1 fully saturated rings. The van der Waals surface area contributed by atoms with Gasteiger partial charge in [-0.05, 0) is 0 Å². The molecule has 1 aliphatic rings. The van der Waals surface area contributed by atoms with Gasteiger partial charge < -0.3 is 0 Å². The van der Waals surface area contributed by atoms with Gasteiger partial charge in [-0.15, -0.1) is 0 Å². The van der Waals surface area contributed by atoms with Gasteiger partial charge in [-0.3, -0.25) is 0 Å². The van der Waals surface area contributed by atoms with E-state index in [1.54, 1.807) is 0 Å². The van der Waals surface area contributed by atoms with Crippen molar-refractivity contribution in [2.24, 2.45) is 0 Å². The molecule has 21 heavy (non-hydrogen) atoms. The fraction of sp³-hybridized carbons (Fsp3) is 1.00. The lowest BCUT2D eigenvalue weighted by Crippen LogP contribution is -2.66. The second-order valence-electron chi connectivity index (χ2n) is 4.04. The third-order valence-corrected chi connectivity index (χ3v) is 2.91. The molecule has 0 spiro atoms. The highest BCUT2D eigenvalue weighted by Crippen LogP contribution is 2.75. The van der Waals surface area contributed by atoms with Crippen molar-refractivity contribution in [1.29, 1.82) is 0 Å². The van der Waals surface area contributed by atoms with Crippen molar-refractivity contribution < 1.29 is 61.5 Å². The number of halogens is 14. The van der Waals surface area contributed by atoms with Gasteiger partial charge >= 0.3 is 41.5 Å². The molecule has 0 saturated heterocycles. The van der Waals surface area contributed by atoms with Crippen LogP contribution in [0.3, 0.4) is 0 Å². The van der Waals surface area contributed by atoms with Gasteiger partial charge in [-0.2, -0.15) is 52.7 Å². The fourth-order valence-electron chi connectivity index (χ4n) is 1.78.